The average Bonchev–Trinajstić information content (AvgIpc) is 3.24. The number of carbonyl (C=O) groups excluding carboxylic acids is 1. The van der Waals surface area contributed by atoms with E-state index in [1.54, 1.807) is 6.92 Å². The lowest BCUT2D eigenvalue weighted by Gasteiger charge is -2.13. The summed E-state index contributed by atoms with van der Waals surface area (Å²) in [7, 11) is 0. The molecule has 0 unspecified atom stereocenters. The molecule has 0 radical (unpaired) electrons. The maximum atomic E-state index is 13.1. The molecule has 2 heterocycles. The van der Waals surface area contributed by atoms with Crippen molar-refractivity contribution in [3.63, 3.8) is 0 Å². The summed E-state index contributed by atoms with van der Waals surface area (Å²) < 4.78 is 84.3. The largest absolute Gasteiger partial charge is 0.416 e. The first-order valence-corrected chi connectivity index (χ1v) is 8.43. The molecular weight excluding hydrogens is 432 g/mol. The minimum absolute atomic E-state index is 0.00302. The van der Waals surface area contributed by atoms with Crippen molar-refractivity contribution < 1.29 is 35.7 Å². The Hall–Kier alpha value is -3.64. The van der Waals surface area contributed by atoms with Gasteiger partial charge in [-0.3, -0.25) is 4.79 Å². The number of carbonyl (C=O) groups is 1. The molecule has 0 atom stereocenters. The molecule has 2 aromatic heterocycles. The zero-order chi connectivity index (χ0) is 23.1. The van der Waals surface area contributed by atoms with Crippen molar-refractivity contribution in [3.8, 4) is 11.4 Å². The van der Waals surface area contributed by atoms with E-state index in [1.165, 1.54) is 6.92 Å². The number of hydrogen-bond acceptors (Lipinski definition) is 5. The highest BCUT2D eigenvalue weighted by Crippen LogP contribution is 2.38. The van der Waals surface area contributed by atoms with Crippen LogP contribution in [-0.4, -0.2) is 25.8 Å². The van der Waals surface area contributed by atoms with Crippen molar-refractivity contribution in [2.45, 2.75) is 26.2 Å². The van der Waals surface area contributed by atoms with Gasteiger partial charge in [0.05, 0.1) is 28.0 Å². The fourth-order valence-electron chi connectivity index (χ4n) is 2.80. The summed E-state index contributed by atoms with van der Waals surface area (Å²) in [6.45, 7) is 3.08. The predicted octanol–water partition coefficient (Wildman–Crippen LogP) is 4.07. The number of halogens is 6. The fourth-order valence-corrected chi connectivity index (χ4v) is 2.80. The van der Waals surface area contributed by atoms with Crippen LogP contribution in [0.25, 0.3) is 23.2 Å². The lowest BCUT2D eigenvalue weighted by atomic mass is 10.0. The summed E-state index contributed by atoms with van der Waals surface area (Å²) in [6, 6.07) is 1.01. The zero-order valence-corrected chi connectivity index (χ0v) is 15.8. The van der Waals surface area contributed by atoms with Crippen LogP contribution in [0.1, 0.15) is 28.1 Å². The molecule has 0 bridgehead atoms. The minimum Gasteiger partial charge on any atom is -0.366 e. The molecule has 3 rings (SSSR count). The van der Waals surface area contributed by atoms with Crippen LogP contribution in [0.3, 0.4) is 0 Å². The number of nitrogens with zero attached hydrogens (tertiary/aromatic N) is 4. The molecule has 3 aromatic rings. The number of rotatable bonds is 4. The number of nitrogens with two attached hydrogens (primary N) is 1. The second-order valence-electron chi connectivity index (χ2n) is 6.45. The summed E-state index contributed by atoms with van der Waals surface area (Å²) in [4.78, 5) is 15.6. The highest BCUT2D eigenvalue weighted by Gasteiger charge is 2.37. The highest BCUT2D eigenvalue weighted by molar-refractivity contribution is 6.22. The van der Waals surface area contributed by atoms with Gasteiger partial charge in [0.15, 0.2) is 5.82 Å². The van der Waals surface area contributed by atoms with E-state index in [-0.39, 0.29) is 23.0 Å². The molecule has 0 fully saturated rings. The van der Waals surface area contributed by atoms with E-state index >= 15 is 0 Å². The van der Waals surface area contributed by atoms with Gasteiger partial charge in [-0.25, -0.2) is 9.67 Å². The Morgan fingerprint density at radius 3 is 2.10 bits per heavy atom. The zero-order valence-electron chi connectivity index (χ0n) is 15.8. The van der Waals surface area contributed by atoms with E-state index in [0.29, 0.717) is 17.8 Å². The molecule has 0 saturated carbocycles. The Kier molecular flexibility index (Phi) is 5.38. The number of primary amides is 1. The number of benzene rings is 1. The van der Waals surface area contributed by atoms with Gasteiger partial charge in [0.1, 0.15) is 12.1 Å². The van der Waals surface area contributed by atoms with Crippen molar-refractivity contribution in [3.05, 3.63) is 52.7 Å². The molecule has 0 aliphatic rings. The maximum absolute atomic E-state index is 13.1. The van der Waals surface area contributed by atoms with E-state index in [1.807, 2.05) is 0 Å². The van der Waals surface area contributed by atoms with E-state index in [0.717, 1.165) is 17.2 Å². The fraction of sp³-hybridized carbons (Fsp3) is 0.222. The number of alkyl halides is 6. The first kappa shape index (κ1) is 22.1. The quantitative estimate of drug-likeness (QED) is 0.482. The molecule has 0 spiro atoms. The first-order chi connectivity index (χ1) is 14.3. The molecule has 164 valence electrons. The Balaban J connectivity index is 2.10. The van der Waals surface area contributed by atoms with Crippen molar-refractivity contribution in [1.82, 2.24) is 19.9 Å². The van der Waals surface area contributed by atoms with Gasteiger partial charge in [0, 0.05) is 11.8 Å². The molecule has 13 heteroatoms. The summed E-state index contributed by atoms with van der Waals surface area (Å²) in [5, 5.41) is 7.55. The van der Waals surface area contributed by atoms with E-state index in [2.05, 4.69) is 15.2 Å². The molecule has 7 nitrogen and oxygen atoms in total. The van der Waals surface area contributed by atoms with Crippen LogP contribution < -0.4 is 5.73 Å². The standard InChI is InChI=1S/C18H13F6N5O2/c1-8-14(9(2)31-28-8)13(15(25)30)6-29-7-26-16(27-29)10-3-11(17(19,20)21)5-12(4-10)18(22,23)24/h3-7H,1-2H3,(H2,25,30)/b13-6+. The van der Waals surface area contributed by atoms with Crippen molar-refractivity contribution in [2.24, 2.45) is 5.73 Å². The number of amides is 1. The third-order valence-corrected chi connectivity index (χ3v) is 4.18. The Labute approximate surface area is 170 Å². The minimum atomic E-state index is -5.01. The number of aromatic nitrogens is 4. The van der Waals surface area contributed by atoms with Crippen LogP contribution in [0.5, 0.6) is 0 Å². The summed E-state index contributed by atoms with van der Waals surface area (Å²) in [5.41, 5.74) is 2.40. The van der Waals surface area contributed by atoms with Crippen LogP contribution in [0, 0.1) is 13.8 Å². The molecule has 2 N–H and O–H groups in total. The second kappa shape index (κ2) is 7.56. The van der Waals surface area contributed by atoms with Gasteiger partial charge in [0.2, 0.25) is 0 Å². The molecular formula is C18H13F6N5O2. The lowest BCUT2D eigenvalue weighted by Crippen LogP contribution is -2.14. The number of aryl methyl sites for hydroxylation is 2. The van der Waals surface area contributed by atoms with E-state index < -0.39 is 40.8 Å². The smallest absolute Gasteiger partial charge is 0.366 e. The predicted molar refractivity (Wildman–Crippen MR) is 94.8 cm³/mol. The van der Waals surface area contributed by atoms with E-state index in [4.69, 9.17) is 10.3 Å². The van der Waals surface area contributed by atoms with Gasteiger partial charge in [-0.2, -0.15) is 26.3 Å². The van der Waals surface area contributed by atoms with Gasteiger partial charge < -0.3 is 10.3 Å². The summed E-state index contributed by atoms with van der Waals surface area (Å²) >= 11 is 0. The Morgan fingerprint density at radius 2 is 1.65 bits per heavy atom. The molecule has 0 aliphatic heterocycles. The van der Waals surface area contributed by atoms with Crippen LogP contribution in [0.15, 0.2) is 29.0 Å². The Bertz CT molecular complexity index is 1120. The monoisotopic (exact) mass is 445 g/mol. The lowest BCUT2D eigenvalue weighted by molar-refractivity contribution is -0.143. The topological polar surface area (TPSA) is 99.8 Å². The van der Waals surface area contributed by atoms with Crippen molar-refractivity contribution in [1.29, 1.82) is 0 Å². The Morgan fingerprint density at radius 1 is 1.06 bits per heavy atom. The van der Waals surface area contributed by atoms with Gasteiger partial charge in [-0.1, -0.05) is 5.16 Å². The van der Waals surface area contributed by atoms with Gasteiger partial charge in [-0.05, 0) is 32.0 Å². The molecule has 0 aliphatic carbocycles. The maximum Gasteiger partial charge on any atom is 0.416 e. The number of hydrogen-bond donors (Lipinski definition) is 1. The second-order valence-corrected chi connectivity index (χ2v) is 6.45. The van der Waals surface area contributed by atoms with Crippen LogP contribution >= 0.6 is 0 Å². The normalized spacial score (nSPS) is 13.0. The molecule has 1 amide bonds. The highest BCUT2D eigenvalue weighted by atomic mass is 19.4. The molecule has 1 aromatic carbocycles. The van der Waals surface area contributed by atoms with Gasteiger partial charge >= 0.3 is 12.4 Å². The van der Waals surface area contributed by atoms with Crippen LogP contribution in [0.4, 0.5) is 26.3 Å². The average molecular weight is 445 g/mol. The van der Waals surface area contributed by atoms with Crippen molar-refractivity contribution in [2.75, 3.05) is 0 Å². The van der Waals surface area contributed by atoms with Gasteiger partial charge in [0.25, 0.3) is 5.91 Å². The SMILES string of the molecule is Cc1noc(C)c1/C(=C\n1cnc(-c2cc(C(F)(F)F)cc(C(F)(F)F)c2)n1)C(N)=O. The van der Waals surface area contributed by atoms with E-state index in [9.17, 15) is 31.1 Å². The first-order valence-electron chi connectivity index (χ1n) is 8.43. The summed E-state index contributed by atoms with van der Waals surface area (Å²) in [5.74, 6) is -1.03. The van der Waals surface area contributed by atoms with Crippen molar-refractivity contribution >= 4 is 17.7 Å². The van der Waals surface area contributed by atoms with Crippen LogP contribution in [-0.2, 0) is 17.1 Å². The molecule has 0 saturated heterocycles. The van der Waals surface area contributed by atoms with Gasteiger partial charge in [-0.15, -0.1) is 5.10 Å². The summed E-state index contributed by atoms with van der Waals surface area (Å²) in [6.07, 6.45) is -7.91. The van der Waals surface area contributed by atoms with Crippen LogP contribution in [0.2, 0.25) is 0 Å². The molecule has 31 heavy (non-hydrogen) atoms. The third kappa shape index (κ3) is 4.59. The third-order valence-electron chi connectivity index (χ3n) is 4.18.